The molecule has 0 fully saturated rings. The maximum Gasteiger partial charge on any atom is 0.270 e. The summed E-state index contributed by atoms with van der Waals surface area (Å²) < 4.78 is 2.94. The molecular weight excluding hydrogens is 467 g/mol. The van der Waals surface area contributed by atoms with E-state index in [4.69, 9.17) is 0 Å². The predicted molar refractivity (Wildman–Crippen MR) is 120 cm³/mol. The van der Waals surface area contributed by atoms with E-state index in [9.17, 15) is 10.1 Å². The summed E-state index contributed by atoms with van der Waals surface area (Å²) in [6.45, 7) is 6.97. The zero-order valence-electron chi connectivity index (χ0n) is 16.4. The Balaban J connectivity index is 2.04. The minimum Gasteiger partial charge on any atom is -0.380 e. The highest BCUT2D eigenvalue weighted by Gasteiger charge is 2.25. The highest BCUT2D eigenvalue weighted by atomic mass is 127. The highest BCUT2D eigenvalue weighted by molar-refractivity contribution is 14.1. The van der Waals surface area contributed by atoms with Gasteiger partial charge in [0.25, 0.3) is 5.69 Å². The summed E-state index contributed by atoms with van der Waals surface area (Å²) in [6.07, 6.45) is 1.98. The average molecular weight is 490 g/mol. The molecule has 0 unspecified atom stereocenters. The van der Waals surface area contributed by atoms with Crippen molar-refractivity contribution in [2.75, 3.05) is 5.32 Å². The quantitative estimate of drug-likeness (QED) is 0.291. The Bertz CT molecular complexity index is 1000. The molecule has 0 aliphatic carbocycles. The number of aryl methyl sites for hydroxylation is 1. The van der Waals surface area contributed by atoms with Gasteiger partial charge in [0.1, 0.15) is 0 Å². The van der Waals surface area contributed by atoms with Crippen LogP contribution in [0.4, 0.5) is 11.4 Å². The van der Waals surface area contributed by atoms with Gasteiger partial charge >= 0.3 is 0 Å². The fourth-order valence-electron chi connectivity index (χ4n) is 3.03. The lowest BCUT2D eigenvalue weighted by molar-refractivity contribution is -0.384. The van der Waals surface area contributed by atoms with Crippen LogP contribution in [0.2, 0.25) is 0 Å². The molecule has 0 spiro atoms. The average Bonchev–Trinajstić information content (AvgIpc) is 3.03. The van der Waals surface area contributed by atoms with Crippen LogP contribution in [-0.4, -0.2) is 14.7 Å². The monoisotopic (exact) mass is 490 g/mol. The van der Waals surface area contributed by atoms with E-state index in [0.717, 1.165) is 28.1 Å². The molecule has 28 heavy (non-hydrogen) atoms. The second kappa shape index (κ2) is 7.90. The van der Waals surface area contributed by atoms with Gasteiger partial charge in [-0.25, -0.2) is 0 Å². The van der Waals surface area contributed by atoms with Crippen LogP contribution in [-0.2, 0) is 19.0 Å². The van der Waals surface area contributed by atoms with E-state index in [0.29, 0.717) is 6.54 Å². The van der Waals surface area contributed by atoms with Crippen molar-refractivity contribution in [3.05, 3.63) is 73.5 Å². The summed E-state index contributed by atoms with van der Waals surface area (Å²) >= 11 is 2.28. The third kappa shape index (κ3) is 4.52. The molecule has 0 aliphatic heterocycles. The van der Waals surface area contributed by atoms with Crippen LogP contribution in [0.15, 0.2) is 48.7 Å². The fourth-order valence-corrected chi connectivity index (χ4v) is 3.39. The van der Waals surface area contributed by atoms with Gasteiger partial charge in [0, 0.05) is 52.3 Å². The minimum absolute atomic E-state index is 0.0559. The molecule has 0 amide bonds. The summed E-state index contributed by atoms with van der Waals surface area (Å²) in [5, 5.41) is 19.4. The van der Waals surface area contributed by atoms with Crippen LogP contribution in [0, 0.1) is 13.7 Å². The highest BCUT2D eigenvalue weighted by Crippen LogP contribution is 2.37. The van der Waals surface area contributed by atoms with Crippen molar-refractivity contribution < 1.29 is 4.92 Å². The molecule has 1 aromatic heterocycles. The molecule has 0 radical (unpaired) electrons. The summed E-state index contributed by atoms with van der Waals surface area (Å²) in [6, 6.07) is 13.2. The van der Waals surface area contributed by atoms with Gasteiger partial charge in [0.05, 0.1) is 10.6 Å². The van der Waals surface area contributed by atoms with Gasteiger partial charge in [-0.15, -0.1) is 0 Å². The summed E-state index contributed by atoms with van der Waals surface area (Å²) in [4.78, 5) is 11.0. The van der Waals surface area contributed by atoms with Crippen LogP contribution in [0.5, 0.6) is 0 Å². The number of nitro groups is 1. The summed E-state index contributed by atoms with van der Waals surface area (Å²) in [5.41, 5.74) is 4.44. The molecule has 0 bridgehead atoms. The zero-order chi connectivity index (χ0) is 20.5. The molecule has 0 saturated heterocycles. The van der Waals surface area contributed by atoms with Crippen molar-refractivity contribution >= 4 is 34.0 Å². The van der Waals surface area contributed by atoms with Gasteiger partial charge in [-0.3, -0.25) is 14.8 Å². The third-order valence-corrected chi connectivity index (χ3v) is 5.22. The first-order chi connectivity index (χ1) is 13.1. The van der Waals surface area contributed by atoms with Crippen LogP contribution in [0.1, 0.15) is 31.9 Å². The molecule has 0 aliphatic rings. The minimum atomic E-state index is -0.369. The SMILES string of the molecule is Cn1cc(C(C)(C)C)c(-c2cc([N+](=O)[O-])ccc2NCc2ccc(I)cc2)n1. The molecule has 3 aromatic rings. The second-order valence-electron chi connectivity index (χ2n) is 7.78. The van der Waals surface area contributed by atoms with Gasteiger partial charge in [0.2, 0.25) is 0 Å². The number of halogens is 1. The van der Waals surface area contributed by atoms with E-state index < -0.39 is 0 Å². The standard InChI is InChI=1S/C21H23IN4O2/c1-21(2,3)18-13-25(4)24-20(18)17-11-16(26(27)28)9-10-19(17)23-12-14-5-7-15(22)8-6-14/h5-11,13,23H,12H2,1-4H3. The molecule has 0 atom stereocenters. The van der Waals surface area contributed by atoms with E-state index in [-0.39, 0.29) is 16.0 Å². The number of aromatic nitrogens is 2. The topological polar surface area (TPSA) is 73.0 Å². The zero-order valence-corrected chi connectivity index (χ0v) is 18.5. The van der Waals surface area contributed by atoms with Gasteiger partial charge in [0.15, 0.2) is 0 Å². The van der Waals surface area contributed by atoms with Crippen molar-refractivity contribution in [1.82, 2.24) is 9.78 Å². The Labute approximate surface area is 178 Å². The predicted octanol–water partition coefficient (Wildman–Crippen LogP) is 5.51. The van der Waals surface area contributed by atoms with E-state index in [1.165, 1.54) is 9.64 Å². The van der Waals surface area contributed by atoms with Crippen LogP contribution < -0.4 is 5.32 Å². The fraction of sp³-hybridized carbons (Fsp3) is 0.286. The number of hydrogen-bond donors (Lipinski definition) is 1. The lowest BCUT2D eigenvalue weighted by Gasteiger charge is -2.19. The molecule has 1 heterocycles. The Morgan fingerprint density at radius 1 is 1.18 bits per heavy atom. The van der Waals surface area contributed by atoms with Crippen molar-refractivity contribution in [3.63, 3.8) is 0 Å². The van der Waals surface area contributed by atoms with Gasteiger partial charge < -0.3 is 5.32 Å². The molecule has 0 saturated carbocycles. The molecule has 6 nitrogen and oxygen atoms in total. The largest absolute Gasteiger partial charge is 0.380 e. The van der Waals surface area contributed by atoms with E-state index >= 15 is 0 Å². The number of nitrogens with one attached hydrogen (secondary N) is 1. The van der Waals surface area contributed by atoms with E-state index in [1.54, 1.807) is 16.8 Å². The lowest BCUT2D eigenvalue weighted by Crippen LogP contribution is -2.12. The van der Waals surface area contributed by atoms with E-state index in [1.807, 2.05) is 13.2 Å². The number of hydrogen-bond acceptors (Lipinski definition) is 4. The van der Waals surface area contributed by atoms with Gasteiger partial charge in [-0.05, 0) is 51.8 Å². The van der Waals surface area contributed by atoms with Crippen LogP contribution in [0.3, 0.4) is 0 Å². The number of benzene rings is 2. The Kier molecular flexibility index (Phi) is 5.74. The first kappa shape index (κ1) is 20.3. The van der Waals surface area contributed by atoms with E-state index in [2.05, 4.69) is 78.0 Å². The second-order valence-corrected chi connectivity index (χ2v) is 9.03. The lowest BCUT2D eigenvalue weighted by atomic mass is 9.85. The number of nitro benzene ring substituents is 1. The van der Waals surface area contributed by atoms with Gasteiger partial charge in [-0.2, -0.15) is 5.10 Å². The number of rotatable bonds is 5. The summed E-state index contributed by atoms with van der Waals surface area (Å²) in [5.74, 6) is 0. The van der Waals surface area contributed by atoms with Crippen LogP contribution in [0.25, 0.3) is 11.3 Å². The van der Waals surface area contributed by atoms with Gasteiger partial charge in [-0.1, -0.05) is 32.9 Å². The summed E-state index contributed by atoms with van der Waals surface area (Å²) in [7, 11) is 1.87. The molecule has 3 rings (SSSR count). The number of non-ortho nitro benzene ring substituents is 1. The molecule has 7 heteroatoms. The maximum atomic E-state index is 11.4. The first-order valence-corrected chi connectivity index (χ1v) is 10.0. The third-order valence-electron chi connectivity index (χ3n) is 4.50. The Morgan fingerprint density at radius 3 is 2.46 bits per heavy atom. The maximum absolute atomic E-state index is 11.4. The van der Waals surface area contributed by atoms with Crippen molar-refractivity contribution in [2.45, 2.75) is 32.7 Å². The molecular formula is C21H23IN4O2. The normalized spacial score (nSPS) is 11.5. The molecule has 146 valence electrons. The van der Waals surface area contributed by atoms with Crippen molar-refractivity contribution in [3.8, 4) is 11.3 Å². The first-order valence-electron chi connectivity index (χ1n) is 8.96. The number of nitrogens with zero attached hydrogens (tertiary/aromatic N) is 3. The Morgan fingerprint density at radius 2 is 1.86 bits per heavy atom. The Hall–Kier alpha value is -2.42. The van der Waals surface area contributed by atoms with Crippen molar-refractivity contribution in [2.24, 2.45) is 7.05 Å². The number of anilines is 1. The smallest absolute Gasteiger partial charge is 0.270 e. The molecule has 2 aromatic carbocycles. The van der Waals surface area contributed by atoms with Crippen LogP contribution >= 0.6 is 22.6 Å². The van der Waals surface area contributed by atoms with Crippen molar-refractivity contribution in [1.29, 1.82) is 0 Å². The molecule has 1 N–H and O–H groups in total.